The second kappa shape index (κ2) is 53.7. The molecule has 1 heterocycles. The van der Waals surface area contributed by atoms with Crippen LogP contribution in [0, 0.1) is 0 Å². The average Bonchev–Trinajstić information content (AvgIpc) is 3.26. The fourth-order valence-electron chi connectivity index (χ4n) is 8.62. The third kappa shape index (κ3) is 77.0. The van der Waals surface area contributed by atoms with Gasteiger partial charge in [0.05, 0.1) is 40.1 Å². The van der Waals surface area contributed by atoms with Crippen molar-refractivity contribution < 1.29 is 76.7 Å². The molecule has 0 aliphatic carbocycles. The van der Waals surface area contributed by atoms with Gasteiger partial charge in [0.15, 0.2) is 41.6 Å². The smallest absolute Gasteiger partial charge is 0.362 e. The first-order valence-electron chi connectivity index (χ1n) is 30.3. The minimum Gasteiger partial charge on any atom is -0.437 e. The number of hydrogen-bond acceptors (Lipinski definition) is 21. The second-order valence-corrected chi connectivity index (χ2v) is 77.4. The molecule has 0 aromatic heterocycles. The SMILES string of the molecule is C.C.C.C.C.C.CCOCCC[Si](C)(O[Si](C)(C)C)O[Si](C)(C)O[Si](C)(C)C.CCOCCC[Si](C)(O[Si](C)(C)C)O[Si](C)(C)O[Si](C)(C)C.C[Si](C)(C)OO[Si](C)(CCCNCCN)O[Si](C)(C)O[Si](C)(C)C.OCN(CO)CO.OCN1CCOCC1. The number of ether oxygens (including phenoxy) is 3. The van der Waals surface area contributed by atoms with Crippen LogP contribution in [0.25, 0.3) is 0 Å². The van der Waals surface area contributed by atoms with Gasteiger partial charge in [-0.2, -0.15) is 0 Å². The molecule has 21 nitrogen and oxygen atoms in total. The van der Waals surface area contributed by atoms with Crippen LogP contribution in [-0.2, 0) is 56.3 Å². The molecule has 1 fully saturated rings. The summed E-state index contributed by atoms with van der Waals surface area (Å²) in [5.74, 6) is 0. The first kappa shape index (κ1) is 112. The van der Waals surface area contributed by atoms with Crippen molar-refractivity contribution in [2.24, 2.45) is 5.73 Å². The Hall–Kier alpha value is 1.76. The van der Waals surface area contributed by atoms with Gasteiger partial charge in [-0.05, 0) is 235 Å². The number of nitrogens with zero attached hydrogens (tertiary/aromatic N) is 2. The van der Waals surface area contributed by atoms with Crippen molar-refractivity contribution in [3.63, 3.8) is 0 Å². The molecule has 0 amide bonds. The van der Waals surface area contributed by atoms with Crippen LogP contribution in [0.1, 0.15) is 77.7 Å². The van der Waals surface area contributed by atoms with Crippen molar-refractivity contribution in [3.8, 4) is 0 Å². The van der Waals surface area contributed by atoms with Gasteiger partial charge in [0.25, 0.3) is 0 Å². The van der Waals surface area contributed by atoms with Gasteiger partial charge in [0.1, 0.15) is 0 Å². The summed E-state index contributed by atoms with van der Waals surface area (Å²) in [6, 6.07) is 2.83. The van der Waals surface area contributed by atoms with Crippen LogP contribution < -0.4 is 11.1 Å². The van der Waals surface area contributed by atoms with Crippen LogP contribution in [-0.4, -0.2) is 231 Å². The zero-order valence-corrected chi connectivity index (χ0v) is 70.9. The highest BCUT2D eigenvalue weighted by molar-refractivity contribution is 6.91. The van der Waals surface area contributed by atoms with Crippen molar-refractivity contribution >= 4 is 101 Å². The Labute approximate surface area is 567 Å². The van der Waals surface area contributed by atoms with Gasteiger partial charge in [-0.15, -0.1) is 0 Å². The number of aliphatic hydroxyl groups excluding tert-OH is 4. The fourth-order valence-corrected chi connectivity index (χ4v) is 58.2. The van der Waals surface area contributed by atoms with Crippen molar-refractivity contribution in [1.82, 2.24) is 15.1 Å². The van der Waals surface area contributed by atoms with E-state index >= 15 is 0 Å². The minimum absolute atomic E-state index is 0. The minimum atomic E-state index is -2.45. The molecule has 0 aromatic carbocycles. The Morgan fingerprint density at radius 1 is 0.404 bits per heavy atom. The quantitative estimate of drug-likeness (QED) is 0.0110. The zero-order chi connectivity index (χ0) is 65.9. The molecule has 1 aliphatic heterocycles. The summed E-state index contributed by atoms with van der Waals surface area (Å²) < 4.78 is 79.5. The fraction of sp³-hybridized carbons (Fsp3) is 1.00. The molecular formula is C56H160N4O17Si12. The van der Waals surface area contributed by atoms with E-state index in [2.05, 4.69) is 182 Å². The topological polar surface area (TPSA) is 245 Å². The number of hydrogen-bond donors (Lipinski definition) is 6. The lowest BCUT2D eigenvalue weighted by Gasteiger charge is -2.41. The number of rotatable bonds is 39. The molecule has 33 heteroatoms. The molecule has 0 aromatic rings. The predicted molar refractivity (Wildman–Crippen MR) is 414 cm³/mol. The van der Waals surface area contributed by atoms with Crippen molar-refractivity contribution in [3.05, 3.63) is 0 Å². The normalized spacial score (nSPS) is 15.5. The van der Waals surface area contributed by atoms with Crippen LogP contribution >= 0.6 is 0 Å². The van der Waals surface area contributed by atoms with Crippen molar-refractivity contribution in [2.45, 2.75) is 273 Å². The average molecular weight is 1500 g/mol. The molecule has 89 heavy (non-hydrogen) atoms. The Bertz CT molecular complexity index is 1520. The summed E-state index contributed by atoms with van der Waals surface area (Å²) in [6.07, 6.45) is 2.98. The van der Waals surface area contributed by atoms with E-state index in [0.717, 1.165) is 108 Å². The molecule has 0 bridgehead atoms. The van der Waals surface area contributed by atoms with Crippen molar-refractivity contribution in [2.75, 3.05) is 99.3 Å². The molecule has 1 saturated heterocycles. The zero-order valence-electron chi connectivity index (χ0n) is 58.9. The van der Waals surface area contributed by atoms with Gasteiger partial charge in [-0.3, -0.25) is 14.1 Å². The lowest BCUT2D eigenvalue weighted by atomic mass is 10.5. The van der Waals surface area contributed by atoms with Crippen LogP contribution in [0.3, 0.4) is 0 Å². The molecule has 3 unspecified atom stereocenters. The van der Waals surface area contributed by atoms with Crippen LogP contribution in [0.4, 0.5) is 0 Å². The molecule has 1 rings (SSSR count). The van der Waals surface area contributed by atoms with E-state index in [1.54, 1.807) is 0 Å². The van der Waals surface area contributed by atoms with Crippen molar-refractivity contribution in [1.29, 1.82) is 0 Å². The summed E-state index contributed by atoms with van der Waals surface area (Å²) in [7, 11) is -23.4. The largest absolute Gasteiger partial charge is 0.437 e. The number of nitrogens with two attached hydrogens (primary N) is 1. The van der Waals surface area contributed by atoms with Gasteiger partial charge in [0, 0.05) is 52.6 Å². The molecule has 0 radical (unpaired) electrons. The predicted octanol–water partition coefficient (Wildman–Crippen LogP) is 14.4. The van der Waals surface area contributed by atoms with Crippen LogP contribution in [0.15, 0.2) is 0 Å². The lowest BCUT2D eigenvalue weighted by Crippen LogP contribution is -2.56. The maximum absolute atomic E-state index is 8.56. The van der Waals surface area contributed by atoms with E-state index in [-0.39, 0.29) is 71.5 Å². The summed E-state index contributed by atoms with van der Waals surface area (Å²) in [4.78, 5) is 2.99. The Morgan fingerprint density at radius 3 is 0.944 bits per heavy atom. The standard InChI is InChI=1S/C14H40N2O4Si4.2C14H38O4Si4.C5H11NO2.C3H9NO3.6CH4/c1-21(2,3)17-18-24(9,14-10-12-16-13-11-15)20-23(7,8)19-22(4,5)6;2*1-11-15-13-12-14-22(10,17-20(5,6)7)18-21(8,9)16-19(2,3)4;7-5-6-1-3-8-4-2-6;5-1-4(2-6)3-7;;;;;;/h16H,10-15H2,1-9H3;2*11-14H2,1-10H3;7H,1-5H2;5-7H,1-3H2;6*1H4. The summed E-state index contributed by atoms with van der Waals surface area (Å²) in [5, 5.41) is 36.3. The van der Waals surface area contributed by atoms with Gasteiger partial charge in [-0.1, -0.05) is 44.6 Å². The summed E-state index contributed by atoms with van der Waals surface area (Å²) >= 11 is 0. The summed E-state index contributed by atoms with van der Waals surface area (Å²) in [5.41, 5.74) is 5.51. The van der Waals surface area contributed by atoms with E-state index in [4.69, 9.17) is 82.4 Å². The maximum Gasteiger partial charge on any atom is 0.362 e. The van der Waals surface area contributed by atoms with Gasteiger partial charge in [0.2, 0.25) is 8.32 Å². The first-order chi connectivity index (χ1) is 37.3. The molecule has 1 aliphatic rings. The molecule has 3 atom stereocenters. The number of aliphatic hydroxyl groups is 4. The third-order valence-corrected chi connectivity index (χ3v) is 47.7. The van der Waals surface area contributed by atoms with Gasteiger partial charge in [-0.25, -0.2) is 4.90 Å². The summed E-state index contributed by atoms with van der Waals surface area (Å²) in [6.45, 7) is 71.1. The molecular weight excluding hydrogens is 1340 g/mol. The van der Waals surface area contributed by atoms with Gasteiger partial charge < -0.3 is 78.6 Å². The monoisotopic (exact) mass is 1500 g/mol. The Balaban J connectivity index is -0.000000114. The van der Waals surface area contributed by atoms with E-state index in [9.17, 15) is 0 Å². The number of nitrogens with one attached hydrogen (secondary N) is 1. The maximum atomic E-state index is 8.56. The van der Waals surface area contributed by atoms with Crippen LogP contribution in [0.5, 0.6) is 0 Å². The van der Waals surface area contributed by atoms with E-state index < -0.39 is 101 Å². The molecule has 0 spiro atoms. The first-order valence-corrected chi connectivity index (χ1v) is 66.8. The van der Waals surface area contributed by atoms with E-state index in [1.807, 2.05) is 18.7 Å². The Kier molecular flexibility index (Phi) is 67.6. The highest BCUT2D eigenvalue weighted by atomic mass is 28.5. The highest BCUT2D eigenvalue weighted by Gasteiger charge is 2.47. The van der Waals surface area contributed by atoms with Crippen LogP contribution in [0.2, 0.25) is 195 Å². The second-order valence-electron chi connectivity index (χ2n) is 28.5. The lowest BCUT2D eigenvalue weighted by molar-refractivity contribution is -0.140. The Morgan fingerprint density at radius 2 is 0.708 bits per heavy atom. The molecule has 554 valence electrons. The highest BCUT2D eigenvalue weighted by Crippen LogP contribution is 2.30. The van der Waals surface area contributed by atoms with Gasteiger partial charge >= 0.3 is 51.4 Å². The molecule has 7 N–H and O–H groups in total. The number of morpholine rings is 1. The van der Waals surface area contributed by atoms with E-state index in [1.165, 1.54) is 0 Å². The molecule has 0 saturated carbocycles. The third-order valence-electron chi connectivity index (χ3n) is 10.0. The van der Waals surface area contributed by atoms with E-state index in [0.29, 0.717) is 6.54 Å².